The average molecular weight is 384 g/mol. The summed E-state index contributed by atoms with van der Waals surface area (Å²) in [5.41, 5.74) is 1.85. The van der Waals surface area contributed by atoms with Crippen LogP contribution in [0.3, 0.4) is 0 Å². The normalized spacial score (nSPS) is 10.5. The number of aromatic nitrogens is 5. The molecular weight excluding hydrogens is 368 g/mol. The molecular formula is C17H16N6OS2. The Morgan fingerprint density at radius 2 is 1.85 bits per heavy atom. The van der Waals surface area contributed by atoms with Gasteiger partial charge in [0.2, 0.25) is 11.7 Å². The van der Waals surface area contributed by atoms with Crippen LogP contribution in [0, 0.1) is 0 Å². The molecule has 2 aromatic heterocycles. The van der Waals surface area contributed by atoms with Crippen LogP contribution in [0.5, 0.6) is 0 Å². The van der Waals surface area contributed by atoms with Gasteiger partial charge in [-0.2, -0.15) is 0 Å². The van der Waals surface area contributed by atoms with Crippen molar-refractivity contribution in [2.75, 3.05) is 5.75 Å². The maximum atomic E-state index is 11.9. The second kappa shape index (κ2) is 9.83. The molecule has 0 saturated carbocycles. The zero-order valence-electron chi connectivity index (χ0n) is 13.8. The third kappa shape index (κ3) is 5.78. The first-order chi connectivity index (χ1) is 12.8. The number of benzene rings is 1. The predicted molar refractivity (Wildman–Crippen MR) is 102 cm³/mol. The van der Waals surface area contributed by atoms with Crippen LogP contribution in [-0.4, -0.2) is 37.0 Å². The van der Waals surface area contributed by atoms with Gasteiger partial charge < -0.3 is 5.32 Å². The Hall–Kier alpha value is -2.52. The fraction of sp³-hybridized carbons (Fsp3) is 0.176. The lowest BCUT2D eigenvalue weighted by Gasteiger charge is -2.06. The highest BCUT2D eigenvalue weighted by Gasteiger charge is 2.04. The Kier molecular flexibility index (Phi) is 6.91. The summed E-state index contributed by atoms with van der Waals surface area (Å²) >= 11 is 0. The molecule has 1 N–H and O–H groups in total. The minimum Gasteiger partial charge on any atom is -0.352 e. The van der Waals surface area contributed by atoms with Gasteiger partial charge in [0.15, 0.2) is 6.33 Å². The summed E-state index contributed by atoms with van der Waals surface area (Å²) in [5.74, 6) is 1.24. The highest BCUT2D eigenvalue weighted by Crippen LogP contribution is 2.29. The van der Waals surface area contributed by atoms with Crippen LogP contribution in [0.2, 0.25) is 0 Å². The number of carbonyl (C=O) groups is 1. The van der Waals surface area contributed by atoms with Gasteiger partial charge in [0.25, 0.3) is 0 Å². The molecule has 0 radical (unpaired) electrons. The van der Waals surface area contributed by atoms with Crippen molar-refractivity contribution < 1.29 is 4.79 Å². The molecule has 0 spiro atoms. The first kappa shape index (κ1) is 18.3. The maximum absolute atomic E-state index is 11.9. The van der Waals surface area contributed by atoms with Crippen LogP contribution in [0.15, 0.2) is 60.0 Å². The van der Waals surface area contributed by atoms with E-state index in [0.717, 1.165) is 21.9 Å². The summed E-state index contributed by atoms with van der Waals surface area (Å²) in [7, 11) is 3.20. The van der Waals surface area contributed by atoms with E-state index in [1.807, 2.05) is 42.5 Å². The van der Waals surface area contributed by atoms with Gasteiger partial charge in [-0.15, -0.1) is 20.4 Å². The molecule has 0 aliphatic carbocycles. The van der Waals surface area contributed by atoms with Crippen molar-refractivity contribution in [2.45, 2.75) is 18.0 Å². The van der Waals surface area contributed by atoms with Gasteiger partial charge in [-0.25, -0.2) is 4.98 Å². The van der Waals surface area contributed by atoms with E-state index < -0.39 is 0 Å². The van der Waals surface area contributed by atoms with E-state index in [4.69, 9.17) is 0 Å². The molecule has 0 saturated heterocycles. The fourth-order valence-electron chi connectivity index (χ4n) is 2.01. The quantitative estimate of drug-likeness (QED) is 0.468. The minimum absolute atomic E-state index is 0.0305. The summed E-state index contributed by atoms with van der Waals surface area (Å²) in [6.07, 6.45) is 3.52. The van der Waals surface area contributed by atoms with Crippen LogP contribution in [0.1, 0.15) is 12.0 Å². The number of hydrogen-bond acceptors (Lipinski definition) is 8. The molecule has 3 aromatic rings. The van der Waals surface area contributed by atoms with Gasteiger partial charge in [0.05, 0.1) is 0 Å². The van der Waals surface area contributed by atoms with Crippen molar-refractivity contribution in [3.63, 3.8) is 0 Å². The largest absolute Gasteiger partial charge is 0.352 e. The Morgan fingerprint density at radius 1 is 1.04 bits per heavy atom. The van der Waals surface area contributed by atoms with Crippen molar-refractivity contribution >= 4 is 27.5 Å². The fourth-order valence-corrected chi connectivity index (χ4v) is 3.88. The van der Waals surface area contributed by atoms with Gasteiger partial charge in [-0.3, -0.25) is 4.79 Å². The van der Waals surface area contributed by atoms with Crippen LogP contribution in [-0.2, 0) is 11.3 Å². The predicted octanol–water partition coefficient (Wildman–Crippen LogP) is 2.78. The highest BCUT2D eigenvalue weighted by molar-refractivity contribution is 8.76. The van der Waals surface area contributed by atoms with Gasteiger partial charge >= 0.3 is 0 Å². The number of carbonyl (C=O) groups excluding carboxylic acids is 1. The second-order valence-corrected chi connectivity index (χ2v) is 7.60. The lowest BCUT2D eigenvalue weighted by Crippen LogP contribution is -2.22. The number of hydrogen-bond donors (Lipinski definition) is 1. The molecule has 132 valence electrons. The van der Waals surface area contributed by atoms with E-state index in [1.54, 1.807) is 27.8 Å². The number of amides is 1. The van der Waals surface area contributed by atoms with E-state index in [9.17, 15) is 4.79 Å². The van der Waals surface area contributed by atoms with Crippen molar-refractivity contribution in [2.24, 2.45) is 0 Å². The maximum Gasteiger partial charge on any atom is 0.221 e. The topological polar surface area (TPSA) is 93.6 Å². The van der Waals surface area contributed by atoms with E-state index in [2.05, 4.69) is 30.7 Å². The number of rotatable bonds is 8. The van der Waals surface area contributed by atoms with Crippen molar-refractivity contribution in [1.82, 2.24) is 30.7 Å². The Morgan fingerprint density at radius 3 is 2.58 bits per heavy atom. The number of nitrogens with one attached hydrogen (secondary N) is 1. The number of pyridine rings is 1. The van der Waals surface area contributed by atoms with Gasteiger partial charge in [-0.1, -0.05) is 41.1 Å². The summed E-state index contributed by atoms with van der Waals surface area (Å²) < 4.78 is 0. The van der Waals surface area contributed by atoms with Crippen LogP contribution < -0.4 is 5.32 Å². The first-order valence-electron chi connectivity index (χ1n) is 7.88. The molecule has 3 rings (SSSR count). The monoisotopic (exact) mass is 384 g/mol. The van der Waals surface area contributed by atoms with E-state index in [0.29, 0.717) is 18.8 Å². The molecule has 1 aromatic carbocycles. The number of nitrogens with zero attached hydrogens (tertiary/aromatic N) is 5. The zero-order chi connectivity index (χ0) is 18.0. The van der Waals surface area contributed by atoms with Gasteiger partial charge in [0, 0.05) is 30.5 Å². The van der Waals surface area contributed by atoms with E-state index >= 15 is 0 Å². The summed E-state index contributed by atoms with van der Waals surface area (Å²) in [4.78, 5) is 16.2. The lowest BCUT2D eigenvalue weighted by molar-refractivity contribution is -0.120. The van der Waals surface area contributed by atoms with Crippen LogP contribution >= 0.6 is 21.6 Å². The smallest absolute Gasteiger partial charge is 0.221 e. The molecule has 0 unspecified atom stereocenters. The molecule has 1 amide bonds. The van der Waals surface area contributed by atoms with E-state index in [-0.39, 0.29) is 5.91 Å². The SMILES string of the molecule is O=C(CCSSc1ccccn1)NCc1ccc(-c2nncnn2)cc1. The van der Waals surface area contributed by atoms with Gasteiger partial charge in [0.1, 0.15) is 5.03 Å². The Bertz CT molecular complexity index is 818. The third-order valence-electron chi connectivity index (χ3n) is 3.30. The second-order valence-electron chi connectivity index (χ2n) is 5.17. The first-order valence-corrected chi connectivity index (χ1v) is 10.2. The van der Waals surface area contributed by atoms with Crippen LogP contribution in [0.25, 0.3) is 11.4 Å². The van der Waals surface area contributed by atoms with Crippen LogP contribution in [0.4, 0.5) is 0 Å². The molecule has 0 aliphatic rings. The molecule has 7 nitrogen and oxygen atoms in total. The molecule has 0 aliphatic heterocycles. The van der Waals surface area contributed by atoms with E-state index in [1.165, 1.54) is 6.33 Å². The van der Waals surface area contributed by atoms with Crippen molar-refractivity contribution in [3.05, 3.63) is 60.6 Å². The zero-order valence-corrected chi connectivity index (χ0v) is 15.4. The average Bonchev–Trinajstić information content (AvgIpc) is 2.71. The molecule has 9 heteroatoms. The summed E-state index contributed by atoms with van der Waals surface area (Å²) in [5, 5.41) is 19.1. The molecule has 26 heavy (non-hydrogen) atoms. The Labute approximate surface area is 158 Å². The Balaban J connectivity index is 1.37. The summed E-state index contributed by atoms with van der Waals surface area (Å²) in [6, 6.07) is 13.4. The standard InChI is InChI=1S/C17H16N6OS2/c24-15(8-10-25-26-16-3-1-2-9-18-16)19-11-13-4-6-14(7-5-13)17-22-20-12-21-23-17/h1-7,9,12H,8,10-11H2,(H,19,24). The summed E-state index contributed by atoms with van der Waals surface area (Å²) in [6.45, 7) is 0.489. The lowest BCUT2D eigenvalue weighted by atomic mass is 10.1. The highest BCUT2D eigenvalue weighted by atomic mass is 33.1. The third-order valence-corrected chi connectivity index (χ3v) is 5.57. The molecule has 0 fully saturated rings. The van der Waals surface area contributed by atoms with Crippen molar-refractivity contribution in [3.8, 4) is 11.4 Å². The molecule has 2 heterocycles. The molecule has 0 atom stereocenters. The van der Waals surface area contributed by atoms with Gasteiger partial charge in [-0.05, 0) is 28.5 Å². The minimum atomic E-state index is 0.0305. The molecule has 0 bridgehead atoms. The van der Waals surface area contributed by atoms with Crippen molar-refractivity contribution in [1.29, 1.82) is 0 Å².